The Balaban J connectivity index is 2.04. The molecule has 2 rings (SSSR count). The molecule has 1 aromatic heterocycles. The monoisotopic (exact) mass is 375 g/mol. The molecule has 0 spiro atoms. The molecule has 0 aliphatic rings. The second kappa shape index (κ2) is 6.31. The van der Waals surface area contributed by atoms with E-state index < -0.39 is 0 Å². The van der Waals surface area contributed by atoms with Crippen LogP contribution < -0.4 is 10.1 Å². The van der Waals surface area contributed by atoms with Gasteiger partial charge in [-0.15, -0.1) is 0 Å². The minimum Gasteiger partial charge on any atom is -0.495 e. The molecule has 0 unspecified atom stereocenters. The fourth-order valence-corrected chi connectivity index (χ4v) is 3.03. The van der Waals surface area contributed by atoms with Crippen molar-refractivity contribution in [3.8, 4) is 5.75 Å². The highest BCUT2D eigenvalue weighted by molar-refractivity contribution is 9.11. The van der Waals surface area contributed by atoms with Gasteiger partial charge in [0.2, 0.25) is 6.39 Å². The lowest BCUT2D eigenvalue weighted by atomic mass is 10.2. The Morgan fingerprint density at radius 3 is 2.83 bits per heavy atom. The van der Waals surface area contributed by atoms with Crippen LogP contribution in [0.25, 0.3) is 0 Å². The fraction of sp³-hybridized carbons (Fsp3) is 0.273. The van der Waals surface area contributed by atoms with E-state index in [9.17, 15) is 0 Å². The average Bonchev–Trinajstić information content (AvgIpc) is 2.81. The van der Waals surface area contributed by atoms with Crippen LogP contribution in [0, 0.1) is 0 Å². The first-order valence-electron chi connectivity index (χ1n) is 5.18. The summed E-state index contributed by atoms with van der Waals surface area (Å²) in [6, 6.07) is 3.95. The van der Waals surface area contributed by atoms with Gasteiger partial charge in [0.15, 0.2) is 5.82 Å². The van der Waals surface area contributed by atoms with Crippen LogP contribution in [0.1, 0.15) is 11.4 Å². The number of hydrogen-bond donors (Lipinski definition) is 1. The van der Waals surface area contributed by atoms with Crippen molar-refractivity contribution < 1.29 is 9.26 Å². The van der Waals surface area contributed by atoms with E-state index in [1.807, 2.05) is 12.1 Å². The van der Waals surface area contributed by atoms with Gasteiger partial charge < -0.3 is 14.6 Å². The third kappa shape index (κ3) is 3.30. The van der Waals surface area contributed by atoms with Gasteiger partial charge in [-0.25, -0.2) is 0 Å². The van der Waals surface area contributed by atoms with E-state index in [2.05, 4.69) is 51.8 Å². The second-order valence-corrected chi connectivity index (χ2v) is 5.30. The number of hydrogen-bond acceptors (Lipinski definition) is 5. The number of rotatable bonds is 5. The maximum absolute atomic E-state index is 5.36. The van der Waals surface area contributed by atoms with E-state index in [-0.39, 0.29) is 0 Å². The minimum absolute atomic E-state index is 0.545. The van der Waals surface area contributed by atoms with Gasteiger partial charge in [-0.1, -0.05) is 21.1 Å². The molecular formula is C11H11Br2N3O2. The third-order valence-corrected chi connectivity index (χ3v) is 3.34. The highest BCUT2D eigenvalue weighted by Gasteiger charge is 2.09. The molecule has 18 heavy (non-hydrogen) atoms. The first kappa shape index (κ1) is 13.5. The van der Waals surface area contributed by atoms with Gasteiger partial charge in [-0.2, -0.15) is 4.98 Å². The predicted molar refractivity (Wildman–Crippen MR) is 73.2 cm³/mol. The topological polar surface area (TPSA) is 60.2 Å². The molecule has 0 atom stereocenters. The van der Waals surface area contributed by atoms with Crippen LogP contribution in [0.3, 0.4) is 0 Å². The number of benzene rings is 1. The van der Waals surface area contributed by atoms with E-state index in [4.69, 9.17) is 4.74 Å². The Hall–Kier alpha value is -0.920. The third-order valence-electron chi connectivity index (χ3n) is 2.29. The van der Waals surface area contributed by atoms with Gasteiger partial charge in [0.1, 0.15) is 5.75 Å². The van der Waals surface area contributed by atoms with Crippen molar-refractivity contribution in [2.24, 2.45) is 0 Å². The lowest BCUT2D eigenvalue weighted by Crippen LogP contribution is -2.14. The minimum atomic E-state index is 0.545. The van der Waals surface area contributed by atoms with Gasteiger partial charge in [0.05, 0.1) is 18.1 Å². The summed E-state index contributed by atoms with van der Waals surface area (Å²) in [4.78, 5) is 3.94. The molecular weight excluding hydrogens is 366 g/mol. The number of aromatic nitrogens is 2. The summed E-state index contributed by atoms with van der Waals surface area (Å²) in [5, 5.41) is 6.95. The van der Waals surface area contributed by atoms with E-state index in [1.165, 1.54) is 6.39 Å². The highest BCUT2D eigenvalue weighted by atomic mass is 79.9. The van der Waals surface area contributed by atoms with Gasteiger partial charge in [0.25, 0.3) is 0 Å². The van der Waals surface area contributed by atoms with E-state index in [0.29, 0.717) is 18.9 Å². The molecule has 0 fully saturated rings. The van der Waals surface area contributed by atoms with Crippen LogP contribution in [-0.2, 0) is 13.1 Å². The van der Waals surface area contributed by atoms with E-state index in [1.54, 1.807) is 7.11 Å². The summed E-state index contributed by atoms with van der Waals surface area (Å²) in [6.45, 7) is 1.19. The van der Waals surface area contributed by atoms with Crippen molar-refractivity contribution in [2.45, 2.75) is 13.1 Å². The molecule has 0 aliphatic carbocycles. The first-order chi connectivity index (χ1) is 8.70. The normalized spacial score (nSPS) is 10.6. The van der Waals surface area contributed by atoms with Gasteiger partial charge in [-0.05, 0) is 28.1 Å². The van der Waals surface area contributed by atoms with Crippen molar-refractivity contribution >= 4 is 31.9 Å². The molecule has 1 N–H and O–H groups in total. The van der Waals surface area contributed by atoms with Crippen molar-refractivity contribution in [1.29, 1.82) is 0 Å². The van der Waals surface area contributed by atoms with Crippen molar-refractivity contribution in [2.75, 3.05) is 7.11 Å². The smallest absolute Gasteiger partial charge is 0.213 e. The zero-order valence-electron chi connectivity index (χ0n) is 9.61. The molecule has 96 valence electrons. The first-order valence-corrected chi connectivity index (χ1v) is 6.77. The zero-order chi connectivity index (χ0) is 13.0. The summed E-state index contributed by atoms with van der Waals surface area (Å²) < 4.78 is 11.9. The van der Waals surface area contributed by atoms with Gasteiger partial charge >= 0.3 is 0 Å². The molecule has 0 amide bonds. The van der Waals surface area contributed by atoms with Crippen molar-refractivity contribution in [3.05, 3.63) is 38.9 Å². The molecule has 5 nitrogen and oxygen atoms in total. The van der Waals surface area contributed by atoms with Gasteiger partial charge in [0, 0.05) is 16.6 Å². The zero-order valence-corrected chi connectivity index (χ0v) is 12.8. The number of nitrogens with one attached hydrogen (secondary N) is 1. The maximum Gasteiger partial charge on any atom is 0.213 e. The molecule has 0 aliphatic heterocycles. The Morgan fingerprint density at radius 2 is 2.17 bits per heavy atom. The Morgan fingerprint density at radius 1 is 1.33 bits per heavy atom. The second-order valence-electron chi connectivity index (χ2n) is 3.53. The van der Waals surface area contributed by atoms with Crippen molar-refractivity contribution in [1.82, 2.24) is 15.5 Å². The van der Waals surface area contributed by atoms with Crippen LogP contribution in [0.4, 0.5) is 0 Å². The fourth-order valence-electron chi connectivity index (χ4n) is 1.55. The molecule has 0 saturated carbocycles. The molecule has 0 bridgehead atoms. The number of nitrogens with zero attached hydrogens (tertiary/aromatic N) is 2. The largest absolute Gasteiger partial charge is 0.495 e. The standard InChI is InChI=1S/C11H11Br2N3O2/c1-17-11-7(2-8(12)3-9(11)13)4-14-5-10-15-6-18-16-10/h2-3,6,14H,4-5H2,1H3. The summed E-state index contributed by atoms with van der Waals surface area (Å²) in [7, 11) is 1.65. The average molecular weight is 377 g/mol. The molecule has 0 saturated heterocycles. The molecule has 7 heteroatoms. The highest BCUT2D eigenvalue weighted by Crippen LogP contribution is 2.32. The van der Waals surface area contributed by atoms with Crippen LogP contribution in [0.15, 0.2) is 32.0 Å². The number of methoxy groups -OCH3 is 1. The van der Waals surface area contributed by atoms with Crippen LogP contribution >= 0.6 is 31.9 Å². The van der Waals surface area contributed by atoms with Crippen LogP contribution in [0.2, 0.25) is 0 Å². The summed E-state index contributed by atoms with van der Waals surface area (Å²) in [6.07, 6.45) is 1.31. The lowest BCUT2D eigenvalue weighted by Gasteiger charge is -2.11. The maximum atomic E-state index is 5.36. The lowest BCUT2D eigenvalue weighted by molar-refractivity contribution is 0.401. The van der Waals surface area contributed by atoms with E-state index in [0.717, 1.165) is 20.3 Å². The Kier molecular flexibility index (Phi) is 4.73. The molecule has 1 heterocycles. The number of halogens is 2. The van der Waals surface area contributed by atoms with E-state index >= 15 is 0 Å². The Bertz CT molecular complexity index is 517. The predicted octanol–water partition coefficient (Wildman–Crippen LogP) is 2.89. The summed E-state index contributed by atoms with van der Waals surface area (Å²) in [5.74, 6) is 1.45. The molecule has 2 aromatic rings. The summed E-state index contributed by atoms with van der Waals surface area (Å²) >= 11 is 6.92. The molecule has 0 radical (unpaired) electrons. The van der Waals surface area contributed by atoms with Gasteiger partial charge in [-0.3, -0.25) is 0 Å². The quantitative estimate of drug-likeness (QED) is 0.869. The van der Waals surface area contributed by atoms with Crippen LogP contribution in [-0.4, -0.2) is 17.3 Å². The number of ether oxygens (including phenoxy) is 1. The SMILES string of the molecule is COc1c(Br)cc(Br)cc1CNCc1ncon1. The summed E-state index contributed by atoms with van der Waals surface area (Å²) in [5.41, 5.74) is 1.04. The van der Waals surface area contributed by atoms with Crippen molar-refractivity contribution in [3.63, 3.8) is 0 Å². The Labute approximate surface area is 121 Å². The molecule has 1 aromatic carbocycles. The van der Waals surface area contributed by atoms with Crippen LogP contribution in [0.5, 0.6) is 5.75 Å².